The molecule has 0 aliphatic rings. The number of halogens is 3. The van der Waals surface area contributed by atoms with Crippen LogP contribution in [0.2, 0.25) is 0 Å². The van der Waals surface area contributed by atoms with Gasteiger partial charge in [-0.15, -0.1) is 13.2 Å². The van der Waals surface area contributed by atoms with E-state index in [0.717, 1.165) is 24.5 Å². The Morgan fingerprint density at radius 2 is 2.13 bits per heavy atom. The number of rotatable bonds is 7. The summed E-state index contributed by atoms with van der Waals surface area (Å²) in [5.74, 6) is 1.14. The zero-order chi connectivity index (χ0) is 16.9. The predicted molar refractivity (Wildman–Crippen MR) is 81.0 cm³/mol. The number of nitrogens with zero attached hydrogens (tertiary/aromatic N) is 2. The molecule has 0 saturated carbocycles. The lowest BCUT2D eigenvalue weighted by molar-refractivity contribution is -0.274. The van der Waals surface area contributed by atoms with Gasteiger partial charge in [-0.3, -0.25) is 0 Å². The molecule has 23 heavy (non-hydrogen) atoms. The molecule has 2 aromatic rings. The number of alkyl halides is 3. The lowest BCUT2D eigenvalue weighted by Gasteiger charge is -2.15. The molecular formula is C16H20F3N3O. The Morgan fingerprint density at radius 1 is 1.35 bits per heavy atom. The number of benzene rings is 1. The highest BCUT2D eigenvalue weighted by molar-refractivity contribution is 5.28. The molecule has 1 unspecified atom stereocenters. The van der Waals surface area contributed by atoms with Crippen LogP contribution >= 0.6 is 0 Å². The smallest absolute Gasteiger partial charge is 0.406 e. The van der Waals surface area contributed by atoms with Crippen molar-refractivity contribution in [1.82, 2.24) is 14.9 Å². The van der Waals surface area contributed by atoms with Crippen LogP contribution in [0, 0.1) is 12.8 Å². The molecule has 1 aromatic heterocycles. The average molecular weight is 327 g/mol. The van der Waals surface area contributed by atoms with E-state index in [1.807, 2.05) is 13.1 Å². The van der Waals surface area contributed by atoms with E-state index in [0.29, 0.717) is 12.5 Å². The zero-order valence-corrected chi connectivity index (χ0v) is 13.1. The van der Waals surface area contributed by atoms with Crippen LogP contribution in [0.15, 0.2) is 36.7 Å². The molecule has 126 valence electrons. The van der Waals surface area contributed by atoms with E-state index in [2.05, 4.69) is 26.5 Å². The van der Waals surface area contributed by atoms with Gasteiger partial charge in [0, 0.05) is 25.5 Å². The Hall–Kier alpha value is -2.02. The maximum absolute atomic E-state index is 12.2. The molecule has 4 nitrogen and oxygen atoms in total. The molecule has 2 rings (SSSR count). The Balaban J connectivity index is 1.79. The van der Waals surface area contributed by atoms with E-state index in [4.69, 9.17) is 0 Å². The van der Waals surface area contributed by atoms with E-state index in [1.165, 1.54) is 12.1 Å². The summed E-state index contributed by atoms with van der Waals surface area (Å²) in [6.07, 6.45) is -0.964. The zero-order valence-electron chi connectivity index (χ0n) is 13.1. The lowest BCUT2D eigenvalue weighted by Crippen LogP contribution is -2.24. The summed E-state index contributed by atoms with van der Waals surface area (Å²) in [5, 5.41) is 3.25. The summed E-state index contributed by atoms with van der Waals surface area (Å²) in [6, 6.07) is 6.00. The van der Waals surface area contributed by atoms with Crippen molar-refractivity contribution in [2.45, 2.75) is 33.3 Å². The van der Waals surface area contributed by atoms with Crippen LogP contribution in [0.1, 0.15) is 18.3 Å². The molecule has 0 fully saturated rings. The first-order valence-corrected chi connectivity index (χ1v) is 7.36. The lowest BCUT2D eigenvalue weighted by atomic mass is 10.1. The highest BCUT2D eigenvalue weighted by Crippen LogP contribution is 2.23. The van der Waals surface area contributed by atoms with Gasteiger partial charge in [0.2, 0.25) is 0 Å². The summed E-state index contributed by atoms with van der Waals surface area (Å²) < 4.78 is 42.6. The van der Waals surface area contributed by atoms with Gasteiger partial charge in [-0.2, -0.15) is 0 Å². The van der Waals surface area contributed by atoms with Crippen LogP contribution in [0.25, 0.3) is 0 Å². The second-order valence-electron chi connectivity index (χ2n) is 5.56. The third-order valence-electron chi connectivity index (χ3n) is 3.39. The Morgan fingerprint density at radius 3 is 2.78 bits per heavy atom. The Bertz CT molecular complexity index is 625. The van der Waals surface area contributed by atoms with Crippen molar-refractivity contribution in [3.8, 4) is 5.75 Å². The van der Waals surface area contributed by atoms with Gasteiger partial charge in [0.05, 0.1) is 0 Å². The fourth-order valence-corrected chi connectivity index (χ4v) is 2.31. The van der Waals surface area contributed by atoms with Gasteiger partial charge in [-0.1, -0.05) is 19.1 Å². The molecule has 0 aliphatic heterocycles. The minimum absolute atomic E-state index is 0.195. The molecular weight excluding hydrogens is 307 g/mol. The van der Waals surface area contributed by atoms with Crippen molar-refractivity contribution < 1.29 is 17.9 Å². The van der Waals surface area contributed by atoms with E-state index in [-0.39, 0.29) is 5.75 Å². The van der Waals surface area contributed by atoms with Gasteiger partial charge in [-0.05, 0) is 37.1 Å². The first kappa shape index (κ1) is 17.3. The second kappa shape index (κ2) is 7.50. The van der Waals surface area contributed by atoms with Crippen LogP contribution < -0.4 is 10.1 Å². The summed E-state index contributed by atoms with van der Waals surface area (Å²) in [6.45, 7) is 6.14. The topological polar surface area (TPSA) is 39.1 Å². The molecule has 0 saturated heterocycles. The van der Waals surface area contributed by atoms with E-state index >= 15 is 0 Å². The van der Waals surface area contributed by atoms with Gasteiger partial charge < -0.3 is 14.6 Å². The molecule has 0 amide bonds. The van der Waals surface area contributed by atoms with Crippen molar-refractivity contribution >= 4 is 0 Å². The number of nitrogens with one attached hydrogen (secondary N) is 1. The van der Waals surface area contributed by atoms with Crippen LogP contribution in [0.3, 0.4) is 0 Å². The molecule has 7 heteroatoms. The van der Waals surface area contributed by atoms with Gasteiger partial charge >= 0.3 is 6.36 Å². The molecule has 1 aromatic carbocycles. The minimum atomic E-state index is -4.66. The summed E-state index contributed by atoms with van der Waals surface area (Å²) in [4.78, 5) is 4.17. The minimum Gasteiger partial charge on any atom is -0.406 e. The van der Waals surface area contributed by atoms with E-state index in [1.54, 1.807) is 18.3 Å². The van der Waals surface area contributed by atoms with Crippen molar-refractivity contribution in [2.75, 3.05) is 6.54 Å². The van der Waals surface area contributed by atoms with Crippen LogP contribution in [0.4, 0.5) is 13.2 Å². The number of hydrogen-bond acceptors (Lipinski definition) is 3. The molecule has 0 bridgehead atoms. The van der Waals surface area contributed by atoms with Crippen molar-refractivity contribution in [3.63, 3.8) is 0 Å². The molecule has 0 aliphatic carbocycles. The highest BCUT2D eigenvalue weighted by Gasteiger charge is 2.31. The molecule has 1 heterocycles. The van der Waals surface area contributed by atoms with E-state index < -0.39 is 6.36 Å². The summed E-state index contributed by atoms with van der Waals surface area (Å²) >= 11 is 0. The summed E-state index contributed by atoms with van der Waals surface area (Å²) in [5.41, 5.74) is 0.748. The van der Waals surface area contributed by atoms with Gasteiger partial charge in [0.25, 0.3) is 0 Å². The molecule has 1 N–H and O–H groups in total. The average Bonchev–Trinajstić information content (AvgIpc) is 2.83. The number of hydrogen-bond donors (Lipinski definition) is 1. The maximum Gasteiger partial charge on any atom is 0.573 e. The molecule has 0 spiro atoms. The van der Waals surface area contributed by atoms with Crippen LogP contribution in [-0.2, 0) is 13.1 Å². The highest BCUT2D eigenvalue weighted by atomic mass is 19.4. The van der Waals surface area contributed by atoms with Gasteiger partial charge in [0.1, 0.15) is 11.6 Å². The third-order valence-corrected chi connectivity index (χ3v) is 3.39. The second-order valence-corrected chi connectivity index (χ2v) is 5.56. The quantitative estimate of drug-likeness (QED) is 0.846. The first-order valence-electron chi connectivity index (χ1n) is 7.36. The van der Waals surface area contributed by atoms with E-state index in [9.17, 15) is 13.2 Å². The molecule has 0 radical (unpaired) electrons. The van der Waals surface area contributed by atoms with Gasteiger partial charge in [0.15, 0.2) is 0 Å². The number of ether oxygens (including phenoxy) is 1. The third kappa shape index (κ3) is 5.94. The first-order chi connectivity index (χ1) is 10.8. The number of imidazole rings is 1. The normalized spacial score (nSPS) is 13.1. The SMILES string of the molecule is Cc1nccn1CC(C)CNCc1cccc(OC(F)(F)F)c1. The number of aryl methyl sites for hydroxylation is 1. The Labute approximate surface area is 133 Å². The van der Waals surface area contributed by atoms with Crippen molar-refractivity contribution in [2.24, 2.45) is 5.92 Å². The van der Waals surface area contributed by atoms with Crippen LogP contribution in [0.5, 0.6) is 5.75 Å². The number of aromatic nitrogens is 2. The predicted octanol–water partition coefficient (Wildman–Crippen LogP) is 3.52. The monoisotopic (exact) mass is 327 g/mol. The van der Waals surface area contributed by atoms with Crippen molar-refractivity contribution in [3.05, 3.63) is 48.0 Å². The van der Waals surface area contributed by atoms with Gasteiger partial charge in [-0.25, -0.2) is 4.98 Å². The Kier molecular flexibility index (Phi) is 5.65. The molecule has 1 atom stereocenters. The maximum atomic E-state index is 12.2. The largest absolute Gasteiger partial charge is 0.573 e. The fraction of sp³-hybridized carbons (Fsp3) is 0.438. The fourth-order valence-electron chi connectivity index (χ4n) is 2.31. The van der Waals surface area contributed by atoms with Crippen molar-refractivity contribution in [1.29, 1.82) is 0 Å². The summed E-state index contributed by atoms with van der Waals surface area (Å²) in [7, 11) is 0. The van der Waals surface area contributed by atoms with Crippen LogP contribution in [-0.4, -0.2) is 22.5 Å². The standard InChI is InChI=1S/C16H20F3N3O/c1-12(11-22-7-6-21-13(22)2)9-20-10-14-4-3-5-15(8-14)23-16(17,18)19/h3-8,12,20H,9-11H2,1-2H3.